The lowest BCUT2D eigenvalue weighted by Gasteiger charge is -2.35. The van der Waals surface area contributed by atoms with Crippen LogP contribution in [-0.4, -0.2) is 41.4 Å². The van der Waals surface area contributed by atoms with Crippen LogP contribution >= 0.6 is 15.9 Å². The van der Waals surface area contributed by atoms with E-state index in [-0.39, 0.29) is 33.0 Å². The first-order valence-corrected chi connectivity index (χ1v) is 17.4. The van der Waals surface area contributed by atoms with Crippen LogP contribution in [0.2, 0.25) is 0 Å². The van der Waals surface area contributed by atoms with E-state index in [2.05, 4.69) is 97.3 Å². The van der Waals surface area contributed by atoms with Gasteiger partial charge in [-0.1, -0.05) is 47.6 Å². The summed E-state index contributed by atoms with van der Waals surface area (Å²) in [4.78, 5) is 30.2. The zero-order chi connectivity index (χ0) is 32.2. The summed E-state index contributed by atoms with van der Waals surface area (Å²) in [5, 5.41) is 3.23. The van der Waals surface area contributed by atoms with E-state index < -0.39 is 15.9 Å². The first-order chi connectivity index (χ1) is 20.3. The Hall–Kier alpha value is -3.05. The maximum Gasteiger partial charge on any atom is 0.281 e. The Morgan fingerprint density at radius 2 is 1.73 bits per heavy atom. The molecule has 5 heterocycles. The zero-order valence-electron chi connectivity index (χ0n) is 26.8. The normalized spacial score (nSPS) is 21.8. The molecule has 2 aliphatic rings. The maximum absolute atomic E-state index is 13.8. The van der Waals surface area contributed by atoms with Crippen LogP contribution in [-0.2, 0) is 20.9 Å². The van der Waals surface area contributed by atoms with Gasteiger partial charge in [-0.15, -0.1) is 0 Å². The predicted octanol–water partition coefficient (Wildman–Crippen LogP) is 6.90. The lowest BCUT2D eigenvalue weighted by Crippen LogP contribution is -2.41. The van der Waals surface area contributed by atoms with Gasteiger partial charge in [-0.2, -0.15) is 8.42 Å². The molecule has 0 radical (unpaired) electrons. The predicted molar refractivity (Wildman–Crippen MR) is 178 cm³/mol. The fraction of sp³-hybridized carbons (Fsp3) is 0.515. The number of amides is 1. The number of aromatic nitrogens is 3. The average molecular weight is 684 g/mol. The molecular formula is C33H43BrN6O3S. The number of anilines is 2. The number of pyridine rings is 3. The van der Waals surface area contributed by atoms with Crippen molar-refractivity contribution in [2.75, 3.05) is 16.8 Å². The molecule has 2 atom stereocenters. The highest BCUT2D eigenvalue weighted by Crippen LogP contribution is 2.42. The molecule has 1 fully saturated rings. The van der Waals surface area contributed by atoms with Crippen LogP contribution in [0.4, 0.5) is 11.6 Å². The van der Waals surface area contributed by atoms with Gasteiger partial charge in [0.1, 0.15) is 11.6 Å². The van der Waals surface area contributed by atoms with E-state index in [1.165, 1.54) is 11.6 Å². The van der Waals surface area contributed by atoms with Crippen LogP contribution in [0, 0.1) is 5.92 Å². The van der Waals surface area contributed by atoms with Crippen molar-refractivity contribution in [2.24, 2.45) is 5.92 Å². The molecule has 4 bridgehead atoms. The average Bonchev–Trinajstić information content (AvgIpc) is 3.23. The highest BCUT2D eigenvalue weighted by Gasteiger charge is 2.42. The monoisotopic (exact) mass is 682 g/mol. The molecule has 2 aliphatic heterocycles. The van der Waals surface area contributed by atoms with Gasteiger partial charge in [0, 0.05) is 28.2 Å². The van der Waals surface area contributed by atoms with Crippen molar-refractivity contribution in [1.29, 1.82) is 0 Å². The van der Waals surface area contributed by atoms with Crippen LogP contribution in [0.1, 0.15) is 108 Å². The second-order valence-corrected chi connectivity index (χ2v) is 17.2. The van der Waals surface area contributed by atoms with Crippen molar-refractivity contribution < 1.29 is 13.2 Å². The first kappa shape index (κ1) is 32.3. The SMILES string of the molecule is CC(C)(C)c1ccnc(C2CC[C@@H]3CN(c4nc(C(C)(C)C)c(Br)cc4C(=O)NS(=O)(=O)c4cccc(n4)N2)C(C)(C)C3)c1. The maximum atomic E-state index is 13.8. The molecule has 0 saturated carbocycles. The molecule has 1 unspecified atom stereocenters. The summed E-state index contributed by atoms with van der Waals surface area (Å²) < 4.78 is 30.0. The third kappa shape index (κ3) is 6.63. The highest BCUT2D eigenvalue weighted by molar-refractivity contribution is 9.10. The largest absolute Gasteiger partial charge is 0.362 e. The van der Waals surface area contributed by atoms with Gasteiger partial charge in [-0.25, -0.2) is 14.7 Å². The summed E-state index contributed by atoms with van der Waals surface area (Å²) in [6.07, 6.45) is 4.38. The fourth-order valence-electron chi connectivity index (χ4n) is 6.19. The number of hydrogen-bond donors (Lipinski definition) is 2. The van der Waals surface area contributed by atoms with Crippen LogP contribution < -0.4 is 14.9 Å². The lowest BCUT2D eigenvalue weighted by atomic mass is 9.86. The van der Waals surface area contributed by atoms with Gasteiger partial charge in [0.05, 0.1) is 23.0 Å². The molecule has 5 rings (SSSR count). The minimum absolute atomic E-state index is 0.0563. The van der Waals surface area contributed by atoms with E-state index in [9.17, 15) is 13.2 Å². The van der Waals surface area contributed by atoms with Crippen molar-refractivity contribution in [2.45, 2.75) is 102 Å². The number of hydrogen-bond acceptors (Lipinski definition) is 8. The highest BCUT2D eigenvalue weighted by atomic mass is 79.9. The summed E-state index contributed by atoms with van der Waals surface area (Å²) >= 11 is 3.61. The molecule has 2 N–H and O–H groups in total. The molecule has 3 aromatic heterocycles. The number of fused-ring (bicyclic) bond motifs is 6. The second-order valence-electron chi connectivity index (χ2n) is 14.7. The van der Waals surface area contributed by atoms with Gasteiger partial charge in [0.15, 0.2) is 5.03 Å². The van der Waals surface area contributed by atoms with Crippen LogP contribution in [0.3, 0.4) is 0 Å². The van der Waals surface area contributed by atoms with Crippen LogP contribution in [0.5, 0.6) is 0 Å². The van der Waals surface area contributed by atoms with E-state index in [4.69, 9.17) is 9.97 Å². The Morgan fingerprint density at radius 1 is 1.00 bits per heavy atom. The van der Waals surface area contributed by atoms with E-state index in [1.807, 2.05) is 12.3 Å². The summed E-state index contributed by atoms with van der Waals surface area (Å²) in [7, 11) is -4.30. The number of rotatable bonds is 1. The van der Waals surface area contributed by atoms with Gasteiger partial charge in [0.25, 0.3) is 15.9 Å². The smallest absolute Gasteiger partial charge is 0.281 e. The summed E-state index contributed by atoms with van der Waals surface area (Å²) in [5.41, 5.74) is 2.37. The quantitative estimate of drug-likeness (QED) is 0.285. The molecule has 44 heavy (non-hydrogen) atoms. The molecule has 0 aromatic carbocycles. The Bertz CT molecular complexity index is 1690. The Morgan fingerprint density at radius 3 is 2.41 bits per heavy atom. The van der Waals surface area contributed by atoms with Crippen LogP contribution in [0.15, 0.2) is 52.1 Å². The number of nitrogens with zero attached hydrogens (tertiary/aromatic N) is 4. The van der Waals surface area contributed by atoms with E-state index in [1.54, 1.807) is 18.2 Å². The molecule has 236 valence electrons. The van der Waals surface area contributed by atoms with Gasteiger partial charge >= 0.3 is 0 Å². The van der Waals surface area contributed by atoms with Crippen molar-refractivity contribution >= 4 is 43.5 Å². The molecule has 9 nitrogen and oxygen atoms in total. The van der Waals surface area contributed by atoms with E-state index >= 15 is 0 Å². The van der Waals surface area contributed by atoms with Crippen LogP contribution in [0.25, 0.3) is 0 Å². The van der Waals surface area contributed by atoms with Crippen molar-refractivity contribution in [3.8, 4) is 0 Å². The number of carbonyl (C=O) groups excluding carboxylic acids is 1. The third-order valence-electron chi connectivity index (χ3n) is 8.54. The molecule has 1 amide bonds. The standard InChI is InChI=1S/C33H43BrN6O3S/c1-31(2,3)21-14-15-35-25(16-21)24-13-12-20-18-33(7,8)40(19-20)29-22(17-23(34)28(38-29)32(4,5)6)30(41)39-44(42,43)27-11-9-10-26(36-24)37-27/h9-11,14-17,20,24H,12-13,18-19H2,1-8H3,(H,36,37)(H,39,41)/t20-,24?/m0/s1. The van der Waals surface area contributed by atoms with Crippen molar-refractivity contribution in [3.63, 3.8) is 0 Å². The van der Waals surface area contributed by atoms with Gasteiger partial charge < -0.3 is 10.2 Å². The number of sulfonamides is 1. The zero-order valence-corrected chi connectivity index (χ0v) is 29.2. The van der Waals surface area contributed by atoms with Gasteiger partial charge in [-0.3, -0.25) is 9.78 Å². The molecular weight excluding hydrogens is 640 g/mol. The third-order valence-corrected chi connectivity index (χ3v) is 10.4. The Labute approximate surface area is 269 Å². The summed E-state index contributed by atoms with van der Waals surface area (Å²) in [6, 6.07) is 10.4. The number of nitrogens with one attached hydrogen (secondary N) is 2. The van der Waals surface area contributed by atoms with E-state index in [0.29, 0.717) is 28.6 Å². The molecule has 3 aromatic rings. The fourth-order valence-corrected chi connectivity index (χ4v) is 8.03. The number of carbonyl (C=O) groups is 1. The summed E-state index contributed by atoms with van der Waals surface area (Å²) in [5.74, 6) is 0.456. The minimum Gasteiger partial charge on any atom is -0.362 e. The van der Waals surface area contributed by atoms with Crippen molar-refractivity contribution in [3.05, 3.63) is 69.6 Å². The van der Waals surface area contributed by atoms with Crippen molar-refractivity contribution in [1.82, 2.24) is 19.7 Å². The molecule has 0 spiro atoms. The Balaban J connectivity index is 1.64. The van der Waals surface area contributed by atoms with Gasteiger partial charge in [0.2, 0.25) is 0 Å². The molecule has 0 aliphatic carbocycles. The first-order valence-electron chi connectivity index (χ1n) is 15.1. The van der Waals surface area contributed by atoms with Gasteiger partial charge in [-0.05, 0) is 96.3 Å². The molecule has 11 heteroatoms. The lowest BCUT2D eigenvalue weighted by molar-refractivity contribution is 0.0981. The minimum atomic E-state index is -4.30. The summed E-state index contributed by atoms with van der Waals surface area (Å²) in [6.45, 7) is 17.7. The molecule has 1 saturated heterocycles. The Kier molecular flexibility index (Phi) is 8.37. The van der Waals surface area contributed by atoms with E-state index in [0.717, 1.165) is 30.7 Å². The topological polar surface area (TPSA) is 117 Å². The number of halogens is 1. The second kappa shape index (κ2) is 11.4.